The van der Waals surface area contributed by atoms with E-state index in [2.05, 4.69) is 11.8 Å². The first-order chi connectivity index (χ1) is 6.91. The second-order valence-electron chi connectivity index (χ2n) is 4.05. The molecule has 0 aromatic rings. The average molecular weight is 282 g/mol. The highest BCUT2D eigenvalue weighted by Gasteiger charge is 1.91. The Hall–Kier alpha value is 0.400. The molecule has 0 saturated heterocycles. The highest BCUT2D eigenvalue weighted by molar-refractivity contribution is 8.93. The van der Waals surface area contributed by atoms with Gasteiger partial charge in [0.15, 0.2) is 0 Å². The SMILES string of the molecule is Br.CCCCCCCCCCCCON. The van der Waals surface area contributed by atoms with Crippen LogP contribution in [0.4, 0.5) is 0 Å². The van der Waals surface area contributed by atoms with E-state index in [0.29, 0.717) is 0 Å². The van der Waals surface area contributed by atoms with Crippen LogP contribution >= 0.6 is 17.0 Å². The molecule has 0 rings (SSSR count). The standard InChI is InChI=1S/C12H27NO.BrH/c1-2-3-4-5-6-7-8-9-10-11-12-14-13;/h2-13H2,1H3;1H. The Morgan fingerprint density at radius 1 is 0.733 bits per heavy atom. The monoisotopic (exact) mass is 281 g/mol. The van der Waals surface area contributed by atoms with Gasteiger partial charge in [0.2, 0.25) is 0 Å². The lowest BCUT2D eigenvalue weighted by molar-refractivity contribution is 0.133. The summed E-state index contributed by atoms with van der Waals surface area (Å²) in [7, 11) is 0. The largest absolute Gasteiger partial charge is 0.305 e. The predicted molar refractivity (Wildman–Crippen MR) is 72.3 cm³/mol. The van der Waals surface area contributed by atoms with Crippen molar-refractivity contribution in [3.8, 4) is 0 Å². The molecule has 0 fully saturated rings. The van der Waals surface area contributed by atoms with Gasteiger partial charge in [-0.25, -0.2) is 5.90 Å². The zero-order valence-corrected chi connectivity index (χ0v) is 11.9. The first-order valence-electron chi connectivity index (χ1n) is 6.23. The van der Waals surface area contributed by atoms with E-state index in [1.54, 1.807) is 0 Å². The van der Waals surface area contributed by atoms with Crippen LogP contribution < -0.4 is 5.90 Å². The Balaban J connectivity index is 0. The highest BCUT2D eigenvalue weighted by atomic mass is 79.9. The number of rotatable bonds is 11. The zero-order valence-electron chi connectivity index (χ0n) is 10.2. The van der Waals surface area contributed by atoms with Crippen LogP contribution in [0.25, 0.3) is 0 Å². The van der Waals surface area contributed by atoms with Crippen LogP contribution in [-0.4, -0.2) is 6.61 Å². The summed E-state index contributed by atoms with van der Waals surface area (Å²) in [6.45, 7) is 2.98. The molecule has 2 N–H and O–H groups in total. The molecule has 0 aliphatic rings. The zero-order chi connectivity index (χ0) is 10.5. The fraction of sp³-hybridized carbons (Fsp3) is 1.00. The molecule has 2 nitrogen and oxygen atoms in total. The van der Waals surface area contributed by atoms with Crippen molar-refractivity contribution in [3.05, 3.63) is 0 Å². The van der Waals surface area contributed by atoms with E-state index < -0.39 is 0 Å². The van der Waals surface area contributed by atoms with Gasteiger partial charge in [0.05, 0.1) is 6.61 Å². The lowest BCUT2D eigenvalue weighted by Crippen LogP contribution is -2.00. The molecule has 0 aliphatic heterocycles. The second kappa shape index (κ2) is 16.8. The minimum atomic E-state index is 0. The van der Waals surface area contributed by atoms with Crippen molar-refractivity contribution in [2.24, 2.45) is 5.90 Å². The van der Waals surface area contributed by atoms with E-state index in [1.165, 1.54) is 57.8 Å². The van der Waals surface area contributed by atoms with Crippen LogP contribution in [0, 0.1) is 0 Å². The van der Waals surface area contributed by atoms with E-state index in [9.17, 15) is 0 Å². The molecule has 15 heavy (non-hydrogen) atoms. The average Bonchev–Trinajstić information content (AvgIpc) is 2.21. The predicted octanol–water partition coefficient (Wildman–Crippen LogP) is 4.38. The third-order valence-electron chi connectivity index (χ3n) is 2.62. The van der Waals surface area contributed by atoms with Crippen molar-refractivity contribution in [2.75, 3.05) is 6.61 Å². The van der Waals surface area contributed by atoms with E-state index in [0.717, 1.165) is 13.0 Å². The second-order valence-corrected chi connectivity index (χ2v) is 4.05. The molecule has 0 bridgehead atoms. The molecule has 0 spiro atoms. The summed E-state index contributed by atoms with van der Waals surface area (Å²) < 4.78 is 0. The maximum atomic E-state index is 4.94. The Labute approximate surface area is 106 Å². The Morgan fingerprint density at radius 2 is 1.13 bits per heavy atom. The molecular weight excluding hydrogens is 254 g/mol. The van der Waals surface area contributed by atoms with Gasteiger partial charge in [0.1, 0.15) is 0 Å². The van der Waals surface area contributed by atoms with Gasteiger partial charge in [0.25, 0.3) is 0 Å². The molecular formula is C12H28BrNO. The van der Waals surface area contributed by atoms with Crippen molar-refractivity contribution < 1.29 is 4.84 Å². The van der Waals surface area contributed by atoms with Gasteiger partial charge >= 0.3 is 0 Å². The van der Waals surface area contributed by atoms with Crippen molar-refractivity contribution in [1.82, 2.24) is 0 Å². The lowest BCUT2D eigenvalue weighted by atomic mass is 10.1. The number of hydrogen-bond donors (Lipinski definition) is 1. The number of nitrogens with two attached hydrogens (primary N) is 1. The number of hydrogen-bond acceptors (Lipinski definition) is 2. The van der Waals surface area contributed by atoms with Gasteiger partial charge in [-0.1, -0.05) is 64.7 Å². The van der Waals surface area contributed by atoms with Crippen LogP contribution in [0.3, 0.4) is 0 Å². The summed E-state index contributed by atoms with van der Waals surface area (Å²) in [6, 6.07) is 0. The Bertz CT molecular complexity index is 89.6. The lowest BCUT2D eigenvalue weighted by Gasteiger charge is -2.01. The van der Waals surface area contributed by atoms with Crippen LogP contribution in [-0.2, 0) is 4.84 Å². The van der Waals surface area contributed by atoms with Crippen LogP contribution in [0.2, 0.25) is 0 Å². The van der Waals surface area contributed by atoms with Gasteiger partial charge in [0, 0.05) is 0 Å². The van der Waals surface area contributed by atoms with Gasteiger partial charge < -0.3 is 4.84 Å². The highest BCUT2D eigenvalue weighted by Crippen LogP contribution is 2.10. The molecule has 3 heteroatoms. The van der Waals surface area contributed by atoms with E-state index in [4.69, 9.17) is 5.90 Å². The molecule has 0 unspecified atom stereocenters. The third kappa shape index (κ3) is 17.0. The summed E-state index contributed by atoms with van der Waals surface area (Å²) in [6.07, 6.45) is 13.6. The van der Waals surface area contributed by atoms with Gasteiger partial charge in [-0.15, -0.1) is 17.0 Å². The van der Waals surface area contributed by atoms with Gasteiger partial charge in [-0.2, -0.15) is 0 Å². The maximum Gasteiger partial charge on any atom is 0.0679 e. The molecule has 0 aliphatic carbocycles. The quantitative estimate of drug-likeness (QED) is 0.451. The topological polar surface area (TPSA) is 35.2 Å². The third-order valence-corrected chi connectivity index (χ3v) is 2.62. The van der Waals surface area contributed by atoms with Crippen molar-refractivity contribution in [2.45, 2.75) is 71.1 Å². The van der Waals surface area contributed by atoms with E-state index in [-0.39, 0.29) is 17.0 Å². The first-order valence-corrected chi connectivity index (χ1v) is 6.23. The summed E-state index contributed by atoms with van der Waals surface area (Å²) in [5.74, 6) is 4.94. The fourth-order valence-electron chi connectivity index (χ4n) is 1.67. The van der Waals surface area contributed by atoms with E-state index in [1.807, 2.05) is 0 Å². The Morgan fingerprint density at radius 3 is 1.53 bits per heavy atom. The minimum Gasteiger partial charge on any atom is -0.305 e. The Kier molecular flexibility index (Phi) is 19.9. The number of halogens is 1. The normalized spacial score (nSPS) is 10.0. The van der Waals surface area contributed by atoms with E-state index >= 15 is 0 Å². The van der Waals surface area contributed by atoms with Crippen molar-refractivity contribution in [3.63, 3.8) is 0 Å². The molecule has 0 aromatic carbocycles. The minimum absolute atomic E-state index is 0. The van der Waals surface area contributed by atoms with Crippen molar-refractivity contribution in [1.29, 1.82) is 0 Å². The summed E-state index contributed by atoms with van der Waals surface area (Å²) in [4.78, 5) is 4.51. The summed E-state index contributed by atoms with van der Waals surface area (Å²) in [5.41, 5.74) is 0. The van der Waals surface area contributed by atoms with Gasteiger partial charge in [-0.05, 0) is 6.42 Å². The smallest absolute Gasteiger partial charge is 0.0679 e. The summed E-state index contributed by atoms with van der Waals surface area (Å²) in [5, 5.41) is 0. The molecule has 0 heterocycles. The molecule has 0 radical (unpaired) electrons. The first kappa shape index (κ1) is 17.8. The van der Waals surface area contributed by atoms with Crippen LogP contribution in [0.1, 0.15) is 71.1 Å². The summed E-state index contributed by atoms with van der Waals surface area (Å²) >= 11 is 0. The molecule has 0 aromatic heterocycles. The van der Waals surface area contributed by atoms with Crippen molar-refractivity contribution >= 4 is 17.0 Å². The van der Waals surface area contributed by atoms with Crippen LogP contribution in [0.15, 0.2) is 0 Å². The molecule has 0 saturated carbocycles. The molecule has 94 valence electrons. The van der Waals surface area contributed by atoms with Gasteiger partial charge in [-0.3, -0.25) is 0 Å². The number of unbranched alkanes of at least 4 members (excludes halogenated alkanes) is 9. The fourth-order valence-corrected chi connectivity index (χ4v) is 1.67. The molecule has 0 amide bonds. The molecule has 0 atom stereocenters. The van der Waals surface area contributed by atoms with Crippen LogP contribution in [0.5, 0.6) is 0 Å². The maximum absolute atomic E-state index is 4.94.